The van der Waals surface area contributed by atoms with E-state index in [9.17, 15) is 9.18 Å². The summed E-state index contributed by atoms with van der Waals surface area (Å²) in [5.74, 6) is -0.727. The van der Waals surface area contributed by atoms with Crippen LogP contribution in [0.1, 0.15) is 26.2 Å². The summed E-state index contributed by atoms with van der Waals surface area (Å²) < 4.78 is 19.1. The Hall–Kier alpha value is -1.86. The number of aromatic amines is 1. The molecule has 0 saturated carbocycles. The molecule has 0 aliphatic carbocycles. The summed E-state index contributed by atoms with van der Waals surface area (Å²) in [4.78, 5) is 11.1. The van der Waals surface area contributed by atoms with Crippen LogP contribution in [0.4, 0.5) is 10.1 Å². The van der Waals surface area contributed by atoms with Crippen molar-refractivity contribution in [3.8, 4) is 11.5 Å². The minimum Gasteiger partial charge on any atom is -0.388 e. The van der Waals surface area contributed by atoms with Gasteiger partial charge >= 0.3 is 5.76 Å². The quantitative estimate of drug-likeness (QED) is 0.768. The normalized spacial score (nSPS) is 17.0. The van der Waals surface area contributed by atoms with Crippen LogP contribution in [0.5, 0.6) is 0 Å². The maximum atomic E-state index is 14.2. The summed E-state index contributed by atoms with van der Waals surface area (Å²) in [5.41, 5.74) is 0.848. The fourth-order valence-electron chi connectivity index (χ4n) is 3.17. The van der Waals surface area contributed by atoms with Crippen molar-refractivity contribution < 1.29 is 8.81 Å². The molecule has 1 fully saturated rings. The Bertz CT molecular complexity index is 755. The van der Waals surface area contributed by atoms with Gasteiger partial charge in [0.2, 0.25) is 5.89 Å². The summed E-state index contributed by atoms with van der Waals surface area (Å²) in [6.07, 6.45) is 3.05. The number of hydrogen-bond acceptors (Lipinski definition) is 5. The van der Waals surface area contributed by atoms with E-state index in [4.69, 9.17) is 16.0 Å². The van der Waals surface area contributed by atoms with Gasteiger partial charge < -0.3 is 15.1 Å². The van der Waals surface area contributed by atoms with E-state index in [0.29, 0.717) is 17.2 Å². The Labute approximate surface area is 143 Å². The van der Waals surface area contributed by atoms with Crippen molar-refractivity contribution >= 4 is 17.3 Å². The molecule has 6 nitrogen and oxygen atoms in total. The van der Waals surface area contributed by atoms with Crippen LogP contribution in [-0.2, 0) is 0 Å². The van der Waals surface area contributed by atoms with Crippen molar-refractivity contribution in [1.82, 2.24) is 15.5 Å². The van der Waals surface area contributed by atoms with Crippen LogP contribution in [0, 0.1) is 11.7 Å². The van der Waals surface area contributed by atoms with Gasteiger partial charge in [0.15, 0.2) is 0 Å². The predicted molar refractivity (Wildman–Crippen MR) is 90.8 cm³/mol. The molecule has 1 aliphatic rings. The fourth-order valence-corrected chi connectivity index (χ4v) is 3.33. The molecule has 3 N–H and O–H groups in total. The lowest BCUT2D eigenvalue weighted by atomic mass is 9.88. The highest BCUT2D eigenvalue weighted by atomic mass is 35.5. The molecule has 2 aromatic rings. The van der Waals surface area contributed by atoms with Gasteiger partial charge in [-0.25, -0.2) is 14.3 Å². The van der Waals surface area contributed by atoms with Crippen molar-refractivity contribution in [2.75, 3.05) is 18.4 Å². The zero-order chi connectivity index (χ0) is 17.1. The summed E-state index contributed by atoms with van der Waals surface area (Å²) in [7, 11) is 0. The third kappa shape index (κ3) is 3.62. The Balaban J connectivity index is 1.88. The van der Waals surface area contributed by atoms with E-state index < -0.39 is 11.6 Å². The first-order chi connectivity index (χ1) is 11.6. The lowest BCUT2D eigenvalue weighted by molar-refractivity contribution is 0.326. The Morgan fingerprint density at radius 2 is 2.21 bits per heavy atom. The van der Waals surface area contributed by atoms with Gasteiger partial charge in [0, 0.05) is 11.6 Å². The SMILES string of the molecule is CCC(Nc1cc(-c2n[nH]c(=O)o2)cc(F)c1Cl)C1CCNCC1. The second-order valence-electron chi connectivity index (χ2n) is 5.98. The van der Waals surface area contributed by atoms with Crippen LogP contribution in [0.3, 0.4) is 0 Å². The smallest absolute Gasteiger partial charge is 0.388 e. The third-order valence-electron chi connectivity index (χ3n) is 4.45. The average Bonchev–Trinajstić information content (AvgIpc) is 3.03. The maximum Gasteiger partial charge on any atom is 0.434 e. The number of rotatable bonds is 5. The molecule has 1 atom stereocenters. The van der Waals surface area contributed by atoms with Crippen molar-refractivity contribution in [3.63, 3.8) is 0 Å². The Kier molecular flexibility index (Phi) is 5.20. The van der Waals surface area contributed by atoms with Crippen LogP contribution < -0.4 is 16.4 Å². The molecule has 8 heteroatoms. The number of aromatic nitrogens is 2. The Morgan fingerprint density at radius 3 is 2.83 bits per heavy atom. The molecule has 0 spiro atoms. The second-order valence-corrected chi connectivity index (χ2v) is 6.36. The number of halogens is 2. The zero-order valence-corrected chi connectivity index (χ0v) is 14.1. The molecule has 1 saturated heterocycles. The number of nitrogens with zero attached hydrogens (tertiary/aromatic N) is 1. The molecule has 1 aromatic carbocycles. The van der Waals surface area contributed by atoms with Gasteiger partial charge in [-0.3, -0.25) is 0 Å². The van der Waals surface area contributed by atoms with Crippen molar-refractivity contribution in [2.45, 2.75) is 32.2 Å². The standard InChI is InChI=1S/C16H20ClFN4O2/c1-2-12(9-3-5-19-6-4-9)20-13-8-10(7-11(18)14(13)17)15-21-22-16(23)24-15/h7-9,12,19-20H,2-6H2,1H3,(H,22,23). The van der Waals surface area contributed by atoms with Crippen molar-refractivity contribution in [2.24, 2.45) is 5.92 Å². The lowest BCUT2D eigenvalue weighted by Gasteiger charge is -2.31. The summed E-state index contributed by atoms with van der Waals surface area (Å²) in [5, 5.41) is 12.6. The molecule has 3 rings (SSSR count). The minimum absolute atomic E-state index is 0.0315. The molecule has 0 radical (unpaired) electrons. The monoisotopic (exact) mass is 354 g/mol. The third-order valence-corrected chi connectivity index (χ3v) is 4.83. The molecule has 2 heterocycles. The molecule has 0 bridgehead atoms. The molecular weight excluding hydrogens is 335 g/mol. The first-order valence-corrected chi connectivity index (χ1v) is 8.48. The fraction of sp³-hybridized carbons (Fsp3) is 0.500. The van der Waals surface area contributed by atoms with E-state index in [1.165, 1.54) is 6.07 Å². The van der Waals surface area contributed by atoms with Gasteiger partial charge in [-0.1, -0.05) is 18.5 Å². The lowest BCUT2D eigenvalue weighted by Crippen LogP contribution is -2.37. The van der Waals surface area contributed by atoms with Gasteiger partial charge in [-0.05, 0) is 50.4 Å². The molecule has 130 valence electrons. The average molecular weight is 355 g/mol. The van der Waals surface area contributed by atoms with Gasteiger partial charge in [0.1, 0.15) is 5.82 Å². The summed E-state index contributed by atoms with van der Waals surface area (Å²) in [6.45, 7) is 4.08. The van der Waals surface area contributed by atoms with E-state index in [-0.39, 0.29) is 17.0 Å². The topological polar surface area (TPSA) is 83.0 Å². The van der Waals surface area contributed by atoms with Gasteiger partial charge in [0.25, 0.3) is 0 Å². The van der Waals surface area contributed by atoms with Crippen LogP contribution in [0.15, 0.2) is 21.3 Å². The number of piperidine rings is 1. The number of nitrogens with one attached hydrogen (secondary N) is 3. The van der Waals surface area contributed by atoms with Crippen LogP contribution in [0.25, 0.3) is 11.5 Å². The van der Waals surface area contributed by atoms with E-state index in [1.807, 2.05) is 0 Å². The van der Waals surface area contributed by atoms with E-state index in [0.717, 1.165) is 32.4 Å². The highest BCUT2D eigenvalue weighted by Gasteiger charge is 2.24. The minimum atomic E-state index is -0.684. The van der Waals surface area contributed by atoms with E-state index in [2.05, 4.69) is 27.8 Å². The molecule has 0 amide bonds. The molecule has 1 aliphatic heterocycles. The first-order valence-electron chi connectivity index (χ1n) is 8.10. The highest BCUT2D eigenvalue weighted by molar-refractivity contribution is 6.33. The second kappa shape index (κ2) is 7.36. The van der Waals surface area contributed by atoms with Gasteiger partial charge in [-0.15, -0.1) is 5.10 Å². The van der Waals surface area contributed by atoms with Gasteiger partial charge in [0.05, 0.1) is 10.7 Å². The molecule has 24 heavy (non-hydrogen) atoms. The predicted octanol–water partition coefficient (Wildman–Crippen LogP) is 3.01. The van der Waals surface area contributed by atoms with Gasteiger partial charge in [-0.2, -0.15) is 0 Å². The summed E-state index contributed by atoms with van der Waals surface area (Å²) in [6, 6.07) is 3.07. The molecular formula is C16H20ClFN4O2. The van der Waals surface area contributed by atoms with E-state index >= 15 is 0 Å². The number of H-pyrrole nitrogens is 1. The summed E-state index contributed by atoms with van der Waals surface area (Å²) >= 11 is 6.13. The number of benzene rings is 1. The molecule has 1 unspecified atom stereocenters. The van der Waals surface area contributed by atoms with Crippen LogP contribution in [-0.4, -0.2) is 29.3 Å². The molecule has 1 aromatic heterocycles. The number of anilines is 1. The first kappa shape index (κ1) is 17.0. The Morgan fingerprint density at radius 1 is 1.46 bits per heavy atom. The number of hydrogen-bond donors (Lipinski definition) is 3. The largest absolute Gasteiger partial charge is 0.434 e. The van der Waals surface area contributed by atoms with E-state index in [1.54, 1.807) is 6.07 Å². The van der Waals surface area contributed by atoms with Crippen molar-refractivity contribution in [3.05, 3.63) is 33.5 Å². The van der Waals surface area contributed by atoms with Crippen LogP contribution >= 0.6 is 11.6 Å². The zero-order valence-electron chi connectivity index (χ0n) is 13.4. The van der Waals surface area contributed by atoms with Crippen molar-refractivity contribution in [1.29, 1.82) is 0 Å². The van der Waals surface area contributed by atoms with Crippen LogP contribution in [0.2, 0.25) is 5.02 Å². The maximum absolute atomic E-state index is 14.2. The highest BCUT2D eigenvalue weighted by Crippen LogP contribution is 2.33.